The summed E-state index contributed by atoms with van der Waals surface area (Å²) in [4.78, 5) is 14.7. The molecule has 112 valence electrons. The molecule has 1 saturated heterocycles. The molecular weight excluding hydrogens is 338 g/mol. The van der Waals surface area contributed by atoms with Gasteiger partial charge >= 0.3 is 0 Å². The Bertz CT molecular complexity index is 782. The molecule has 22 heavy (non-hydrogen) atoms. The van der Waals surface area contributed by atoms with Crippen molar-refractivity contribution in [3.05, 3.63) is 52.1 Å². The second-order valence-corrected chi connectivity index (χ2v) is 6.45. The average Bonchev–Trinajstić information content (AvgIpc) is 3.05. The molecule has 0 radical (unpaired) electrons. The van der Waals surface area contributed by atoms with Crippen molar-refractivity contribution in [1.29, 1.82) is 0 Å². The van der Waals surface area contributed by atoms with E-state index >= 15 is 0 Å². The predicted octanol–water partition coefficient (Wildman–Crippen LogP) is 5.46. The number of hydrogen-bond acceptors (Lipinski definition) is 4. The van der Waals surface area contributed by atoms with Gasteiger partial charge in [0.05, 0.1) is 4.91 Å². The summed E-state index contributed by atoms with van der Waals surface area (Å²) in [7, 11) is 0. The molecule has 1 aliphatic rings. The molecule has 0 atom stereocenters. The van der Waals surface area contributed by atoms with Crippen molar-refractivity contribution < 1.29 is 9.21 Å². The van der Waals surface area contributed by atoms with Crippen LogP contribution in [0, 0.1) is 0 Å². The number of halogens is 1. The zero-order valence-electron chi connectivity index (χ0n) is 11.7. The third kappa shape index (κ3) is 2.97. The van der Waals surface area contributed by atoms with E-state index in [-0.39, 0.29) is 5.24 Å². The fourth-order valence-corrected chi connectivity index (χ4v) is 3.66. The molecule has 2 heterocycles. The zero-order chi connectivity index (χ0) is 15.7. The molecule has 1 aromatic heterocycles. The molecule has 0 spiro atoms. The van der Waals surface area contributed by atoms with Gasteiger partial charge in [0.1, 0.15) is 16.5 Å². The van der Waals surface area contributed by atoms with Crippen LogP contribution in [0.15, 0.2) is 45.7 Å². The van der Waals surface area contributed by atoms with Crippen molar-refractivity contribution in [3.63, 3.8) is 0 Å². The summed E-state index contributed by atoms with van der Waals surface area (Å²) in [5.41, 5.74) is 0.907. The van der Waals surface area contributed by atoms with Gasteiger partial charge in [-0.25, -0.2) is 0 Å². The Hall–Kier alpha value is -1.56. The van der Waals surface area contributed by atoms with Crippen molar-refractivity contribution in [3.8, 4) is 11.3 Å². The second kappa shape index (κ2) is 6.28. The average molecular weight is 350 g/mol. The van der Waals surface area contributed by atoms with Crippen molar-refractivity contribution >= 4 is 51.9 Å². The van der Waals surface area contributed by atoms with Crippen LogP contribution < -0.4 is 0 Å². The number of furan rings is 1. The lowest BCUT2D eigenvalue weighted by Crippen LogP contribution is -2.26. The number of hydrogen-bond donors (Lipinski definition) is 0. The first-order valence-corrected chi connectivity index (χ1v) is 8.30. The van der Waals surface area contributed by atoms with Crippen LogP contribution in [-0.2, 0) is 0 Å². The van der Waals surface area contributed by atoms with Crippen LogP contribution in [0.3, 0.4) is 0 Å². The lowest BCUT2D eigenvalue weighted by Gasteiger charge is -2.09. The quantitative estimate of drug-likeness (QED) is 0.544. The Morgan fingerprint density at radius 2 is 2.18 bits per heavy atom. The van der Waals surface area contributed by atoms with E-state index in [1.807, 2.05) is 43.3 Å². The monoisotopic (exact) mass is 349 g/mol. The number of thioether (sulfide) groups is 1. The van der Waals surface area contributed by atoms with Crippen LogP contribution in [0.2, 0.25) is 5.02 Å². The van der Waals surface area contributed by atoms with E-state index in [9.17, 15) is 4.79 Å². The number of likely N-dealkylation sites (N-methyl/N-ethyl adjacent to an activating group) is 1. The maximum atomic E-state index is 11.8. The highest BCUT2D eigenvalue weighted by atomic mass is 35.5. The molecule has 3 rings (SSSR count). The first kappa shape index (κ1) is 15.3. The van der Waals surface area contributed by atoms with Gasteiger partial charge in [-0.1, -0.05) is 36.0 Å². The molecule has 0 bridgehead atoms. The first-order valence-electron chi connectivity index (χ1n) is 6.69. The summed E-state index contributed by atoms with van der Waals surface area (Å²) in [6.45, 7) is 2.48. The van der Waals surface area contributed by atoms with Gasteiger partial charge in [-0.3, -0.25) is 9.69 Å². The fraction of sp³-hybridized carbons (Fsp3) is 0.125. The number of rotatable bonds is 3. The van der Waals surface area contributed by atoms with E-state index in [1.54, 1.807) is 11.0 Å². The van der Waals surface area contributed by atoms with E-state index in [4.69, 9.17) is 28.2 Å². The lowest BCUT2D eigenvalue weighted by molar-refractivity contribution is 0.247. The van der Waals surface area contributed by atoms with Gasteiger partial charge in [0.2, 0.25) is 0 Å². The Morgan fingerprint density at radius 3 is 2.86 bits per heavy atom. The largest absolute Gasteiger partial charge is 0.457 e. The minimum Gasteiger partial charge on any atom is -0.457 e. The number of carbonyl (C=O) groups is 1. The smallest absolute Gasteiger partial charge is 0.291 e. The summed E-state index contributed by atoms with van der Waals surface area (Å²) >= 11 is 12.4. The van der Waals surface area contributed by atoms with E-state index in [1.165, 1.54) is 0 Å². The molecule has 2 aromatic rings. The molecule has 0 unspecified atom stereocenters. The lowest BCUT2D eigenvalue weighted by atomic mass is 10.2. The van der Waals surface area contributed by atoms with E-state index in [2.05, 4.69) is 0 Å². The highest BCUT2D eigenvalue weighted by Gasteiger charge is 2.30. The fourth-order valence-electron chi connectivity index (χ4n) is 2.13. The first-order chi connectivity index (χ1) is 10.6. The number of nitrogens with zero attached hydrogens (tertiary/aromatic N) is 1. The van der Waals surface area contributed by atoms with Crippen molar-refractivity contribution in [2.24, 2.45) is 0 Å². The van der Waals surface area contributed by atoms with E-state index in [0.717, 1.165) is 28.0 Å². The molecule has 1 aliphatic heterocycles. The van der Waals surface area contributed by atoms with Crippen LogP contribution in [0.25, 0.3) is 17.4 Å². The van der Waals surface area contributed by atoms with Crippen molar-refractivity contribution in [2.75, 3.05) is 6.54 Å². The summed E-state index contributed by atoms with van der Waals surface area (Å²) in [5, 5.41) is 0.617. The molecule has 6 heteroatoms. The number of benzene rings is 1. The topological polar surface area (TPSA) is 33.5 Å². The molecule has 0 aliphatic carbocycles. The Morgan fingerprint density at radius 1 is 1.36 bits per heavy atom. The SMILES string of the molecule is CCN1C(=O)SC(=Cc2ccc(-c3cccc(Cl)c3)o2)C1=S. The normalized spacial score (nSPS) is 16.8. The Kier molecular flexibility index (Phi) is 4.38. The maximum Gasteiger partial charge on any atom is 0.291 e. The van der Waals surface area contributed by atoms with Gasteiger partial charge in [-0.05, 0) is 49.0 Å². The van der Waals surface area contributed by atoms with E-state index < -0.39 is 0 Å². The Balaban J connectivity index is 1.88. The highest BCUT2D eigenvalue weighted by Crippen LogP contribution is 2.34. The van der Waals surface area contributed by atoms with E-state index in [0.29, 0.717) is 22.3 Å². The molecule has 1 amide bonds. The maximum absolute atomic E-state index is 11.8. The second-order valence-electron chi connectivity index (χ2n) is 4.64. The molecule has 3 nitrogen and oxygen atoms in total. The summed E-state index contributed by atoms with van der Waals surface area (Å²) in [6, 6.07) is 11.2. The summed E-state index contributed by atoms with van der Waals surface area (Å²) in [6.07, 6.45) is 1.80. The third-order valence-corrected chi connectivity index (χ3v) is 4.93. The van der Waals surface area contributed by atoms with Gasteiger partial charge in [-0.15, -0.1) is 0 Å². The van der Waals surface area contributed by atoms with Crippen LogP contribution in [0.1, 0.15) is 12.7 Å². The van der Waals surface area contributed by atoms with Crippen molar-refractivity contribution in [1.82, 2.24) is 4.90 Å². The summed E-state index contributed by atoms with van der Waals surface area (Å²) in [5.74, 6) is 1.38. The Labute approximate surface area is 142 Å². The highest BCUT2D eigenvalue weighted by molar-refractivity contribution is 8.19. The van der Waals surface area contributed by atoms with Gasteiger partial charge in [-0.2, -0.15) is 0 Å². The molecule has 0 saturated carbocycles. The summed E-state index contributed by atoms with van der Waals surface area (Å²) < 4.78 is 5.80. The minimum atomic E-state index is -0.0413. The van der Waals surface area contributed by atoms with Gasteiger partial charge in [0.25, 0.3) is 5.24 Å². The van der Waals surface area contributed by atoms with Crippen LogP contribution >= 0.6 is 35.6 Å². The molecular formula is C16H12ClNO2S2. The number of carbonyl (C=O) groups excluding carboxylic acids is 1. The van der Waals surface area contributed by atoms with Gasteiger partial charge in [0.15, 0.2) is 0 Å². The van der Waals surface area contributed by atoms with Gasteiger partial charge in [0, 0.05) is 17.1 Å². The third-order valence-electron chi connectivity index (χ3n) is 3.20. The number of thiocarbonyl (C=S) groups is 1. The molecule has 1 aromatic carbocycles. The van der Waals surface area contributed by atoms with Crippen molar-refractivity contribution in [2.45, 2.75) is 6.92 Å². The van der Waals surface area contributed by atoms with Crippen LogP contribution in [0.5, 0.6) is 0 Å². The minimum absolute atomic E-state index is 0.0413. The standard InChI is InChI=1S/C16H12ClNO2S2/c1-2-18-15(21)14(22-16(18)19)9-12-6-7-13(20-12)10-4-3-5-11(17)8-10/h3-9H,2H2,1H3. The molecule has 0 N–H and O–H groups in total. The predicted molar refractivity (Wildman–Crippen MR) is 95.1 cm³/mol. The zero-order valence-corrected chi connectivity index (χ0v) is 14.1. The van der Waals surface area contributed by atoms with Crippen LogP contribution in [-0.4, -0.2) is 21.7 Å². The number of amides is 1. The van der Waals surface area contributed by atoms with Gasteiger partial charge < -0.3 is 4.42 Å². The molecule has 1 fully saturated rings. The van der Waals surface area contributed by atoms with Crippen LogP contribution in [0.4, 0.5) is 4.79 Å².